The van der Waals surface area contributed by atoms with Gasteiger partial charge in [0.05, 0.1) is 6.04 Å². The van der Waals surface area contributed by atoms with Gasteiger partial charge < -0.3 is 19.2 Å². The lowest BCUT2D eigenvalue weighted by Crippen LogP contribution is -2.22. The van der Waals surface area contributed by atoms with Crippen LogP contribution in [0.15, 0.2) is 39.4 Å². The van der Waals surface area contributed by atoms with E-state index in [4.69, 9.17) is 13.9 Å². The number of benzene rings is 1. The zero-order valence-electron chi connectivity index (χ0n) is 12.1. The average Bonchev–Trinajstić information content (AvgIpc) is 2.93. The van der Waals surface area contributed by atoms with Gasteiger partial charge in [-0.3, -0.25) is 0 Å². The highest BCUT2D eigenvalue weighted by Crippen LogP contribution is 2.33. The number of rotatable bonds is 4. The van der Waals surface area contributed by atoms with E-state index in [9.17, 15) is 0 Å². The van der Waals surface area contributed by atoms with E-state index in [1.807, 2.05) is 24.3 Å². The van der Waals surface area contributed by atoms with Gasteiger partial charge in [-0.05, 0) is 59.6 Å². The number of ether oxygens (including phenoxy) is 2. The van der Waals surface area contributed by atoms with Gasteiger partial charge in [-0.15, -0.1) is 0 Å². The van der Waals surface area contributed by atoms with E-state index in [2.05, 4.69) is 41.2 Å². The highest BCUT2D eigenvalue weighted by molar-refractivity contribution is 9.10. The molecule has 1 aromatic heterocycles. The van der Waals surface area contributed by atoms with Gasteiger partial charge in [0.1, 0.15) is 19.0 Å². The van der Waals surface area contributed by atoms with Crippen molar-refractivity contribution in [1.29, 1.82) is 0 Å². The Hall–Kier alpha value is -1.46. The summed E-state index contributed by atoms with van der Waals surface area (Å²) < 4.78 is 17.5. The van der Waals surface area contributed by atoms with Crippen LogP contribution < -0.4 is 14.8 Å². The molecular formula is C16H18BrNO3. The Kier molecular flexibility index (Phi) is 4.22. The van der Waals surface area contributed by atoms with E-state index < -0.39 is 0 Å². The summed E-state index contributed by atoms with van der Waals surface area (Å²) in [4.78, 5) is 0. The SMILES string of the molecule is CC(NC(C)c1ccc(Br)o1)c1ccc2c(c1)OCCO2. The number of hydrogen-bond acceptors (Lipinski definition) is 4. The van der Waals surface area contributed by atoms with E-state index in [0.717, 1.165) is 27.5 Å². The molecule has 2 heterocycles. The summed E-state index contributed by atoms with van der Waals surface area (Å²) in [6, 6.07) is 10.3. The quantitative estimate of drug-likeness (QED) is 0.895. The maximum Gasteiger partial charge on any atom is 0.169 e. The van der Waals surface area contributed by atoms with Crippen LogP contribution in [0.4, 0.5) is 0 Å². The maximum absolute atomic E-state index is 5.63. The van der Waals surface area contributed by atoms with Crippen LogP contribution in [0, 0.1) is 0 Å². The fourth-order valence-electron chi connectivity index (χ4n) is 2.44. The molecule has 1 aromatic carbocycles. The summed E-state index contributed by atoms with van der Waals surface area (Å²) in [6.45, 7) is 5.43. The molecular weight excluding hydrogens is 334 g/mol. The van der Waals surface area contributed by atoms with Crippen molar-refractivity contribution >= 4 is 15.9 Å². The van der Waals surface area contributed by atoms with Gasteiger partial charge in [0, 0.05) is 6.04 Å². The molecule has 3 rings (SSSR count). The Labute approximate surface area is 132 Å². The molecule has 0 saturated heterocycles. The topological polar surface area (TPSA) is 43.6 Å². The van der Waals surface area contributed by atoms with Gasteiger partial charge in [-0.2, -0.15) is 0 Å². The van der Waals surface area contributed by atoms with Crippen LogP contribution in [0.2, 0.25) is 0 Å². The van der Waals surface area contributed by atoms with Gasteiger partial charge in [-0.1, -0.05) is 6.07 Å². The van der Waals surface area contributed by atoms with Crippen molar-refractivity contribution in [3.8, 4) is 11.5 Å². The highest BCUT2D eigenvalue weighted by Gasteiger charge is 2.17. The Morgan fingerprint density at radius 1 is 1.00 bits per heavy atom. The summed E-state index contributed by atoms with van der Waals surface area (Å²) in [6.07, 6.45) is 0. The van der Waals surface area contributed by atoms with E-state index in [1.165, 1.54) is 0 Å². The molecule has 1 aliphatic rings. The lowest BCUT2D eigenvalue weighted by atomic mass is 10.1. The van der Waals surface area contributed by atoms with E-state index >= 15 is 0 Å². The Morgan fingerprint density at radius 2 is 1.76 bits per heavy atom. The number of hydrogen-bond donors (Lipinski definition) is 1. The zero-order valence-corrected chi connectivity index (χ0v) is 13.6. The molecule has 2 atom stereocenters. The van der Waals surface area contributed by atoms with Gasteiger partial charge in [0.15, 0.2) is 16.2 Å². The zero-order chi connectivity index (χ0) is 14.8. The molecule has 0 saturated carbocycles. The first-order valence-electron chi connectivity index (χ1n) is 7.04. The molecule has 5 heteroatoms. The molecule has 0 bridgehead atoms. The van der Waals surface area contributed by atoms with Crippen LogP contribution in [0.25, 0.3) is 0 Å². The van der Waals surface area contributed by atoms with Gasteiger partial charge in [0.2, 0.25) is 0 Å². The molecule has 0 radical (unpaired) electrons. The molecule has 21 heavy (non-hydrogen) atoms. The fourth-order valence-corrected chi connectivity index (χ4v) is 2.76. The predicted octanol–water partition coefficient (Wildman–Crippen LogP) is 4.23. The molecule has 1 N–H and O–H groups in total. The van der Waals surface area contributed by atoms with Crippen molar-refractivity contribution in [3.63, 3.8) is 0 Å². The second-order valence-corrected chi connectivity index (χ2v) is 5.94. The number of halogens is 1. The first-order chi connectivity index (χ1) is 10.1. The molecule has 2 unspecified atom stereocenters. The smallest absolute Gasteiger partial charge is 0.169 e. The molecule has 1 aliphatic heterocycles. The summed E-state index contributed by atoms with van der Waals surface area (Å²) in [7, 11) is 0. The van der Waals surface area contributed by atoms with Crippen molar-refractivity contribution in [2.75, 3.05) is 13.2 Å². The van der Waals surface area contributed by atoms with Crippen molar-refractivity contribution in [3.05, 3.63) is 46.3 Å². The summed E-state index contributed by atoms with van der Waals surface area (Å²) >= 11 is 3.33. The standard InChI is InChI=1S/C16H18BrNO3/c1-10(18-11(2)13-5-6-16(17)21-13)12-3-4-14-15(9-12)20-8-7-19-14/h3-6,9-11,18H,7-8H2,1-2H3. The van der Waals surface area contributed by atoms with Crippen LogP contribution in [-0.4, -0.2) is 13.2 Å². The third kappa shape index (κ3) is 3.24. The second kappa shape index (κ2) is 6.12. The normalized spacial score (nSPS) is 16.5. The molecule has 0 spiro atoms. The monoisotopic (exact) mass is 351 g/mol. The van der Waals surface area contributed by atoms with Crippen LogP contribution in [0.5, 0.6) is 11.5 Å². The first-order valence-corrected chi connectivity index (χ1v) is 7.83. The van der Waals surface area contributed by atoms with Crippen LogP contribution in [0.1, 0.15) is 37.3 Å². The van der Waals surface area contributed by atoms with Crippen molar-refractivity contribution in [1.82, 2.24) is 5.32 Å². The van der Waals surface area contributed by atoms with Gasteiger partial charge in [0.25, 0.3) is 0 Å². The first kappa shape index (κ1) is 14.5. The molecule has 0 aliphatic carbocycles. The van der Waals surface area contributed by atoms with E-state index in [0.29, 0.717) is 13.2 Å². The van der Waals surface area contributed by atoms with Gasteiger partial charge >= 0.3 is 0 Å². The van der Waals surface area contributed by atoms with E-state index in [1.54, 1.807) is 0 Å². The minimum Gasteiger partial charge on any atom is -0.486 e. The molecule has 112 valence electrons. The lowest BCUT2D eigenvalue weighted by molar-refractivity contribution is 0.171. The van der Waals surface area contributed by atoms with Crippen LogP contribution >= 0.6 is 15.9 Å². The highest BCUT2D eigenvalue weighted by atomic mass is 79.9. The molecule has 0 fully saturated rings. The van der Waals surface area contributed by atoms with Gasteiger partial charge in [-0.25, -0.2) is 0 Å². The Morgan fingerprint density at radius 3 is 2.48 bits per heavy atom. The third-order valence-corrected chi connectivity index (χ3v) is 4.01. The third-order valence-electron chi connectivity index (χ3n) is 3.59. The van der Waals surface area contributed by atoms with E-state index in [-0.39, 0.29) is 12.1 Å². The Balaban J connectivity index is 1.71. The van der Waals surface area contributed by atoms with Crippen molar-refractivity contribution in [2.45, 2.75) is 25.9 Å². The maximum atomic E-state index is 5.63. The minimum absolute atomic E-state index is 0.125. The lowest BCUT2D eigenvalue weighted by Gasteiger charge is -2.22. The van der Waals surface area contributed by atoms with Crippen LogP contribution in [-0.2, 0) is 0 Å². The minimum atomic E-state index is 0.125. The Bertz CT molecular complexity index is 626. The second-order valence-electron chi connectivity index (χ2n) is 5.16. The summed E-state index contributed by atoms with van der Waals surface area (Å²) in [5.41, 5.74) is 1.16. The molecule has 2 aromatic rings. The molecule has 4 nitrogen and oxygen atoms in total. The number of furan rings is 1. The number of fused-ring (bicyclic) bond motifs is 1. The molecule has 0 amide bonds. The summed E-state index contributed by atoms with van der Waals surface area (Å²) in [5, 5.41) is 3.52. The summed E-state index contributed by atoms with van der Waals surface area (Å²) in [5.74, 6) is 2.55. The average molecular weight is 352 g/mol. The van der Waals surface area contributed by atoms with Crippen molar-refractivity contribution in [2.24, 2.45) is 0 Å². The fraction of sp³-hybridized carbons (Fsp3) is 0.375. The predicted molar refractivity (Wildman–Crippen MR) is 83.8 cm³/mol. The largest absolute Gasteiger partial charge is 0.486 e. The van der Waals surface area contributed by atoms with Crippen LogP contribution in [0.3, 0.4) is 0 Å². The number of nitrogens with one attached hydrogen (secondary N) is 1. The van der Waals surface area contributed by atoms with Crippen molar-refractivity contribution < 1.29 is 13.9 Å².